The molecule has 0 saturated carbocycles. The molecule has 1 aromatic heterocycles. The molecular weight excluding hydrogens is 464 g/mol. The molecule has 0 bridgehead atoms. The fourth-order valence-corrected chi connectivity index (χ4v) is 4.55. The van der Waals surface area contributed by atoms with Gasteiger partial charge in [0.1, 0.15) is 12.4 Å². The van der Waals surface area contributed by atoms with Gasteiger partial charge in [-0.05, 0) is 76.7 Å². The van der Waals surface area contributed by atoms with Crippen molar-refractivity contribution >= 4 is 22.5 Å². The van der Waals surface area contributed by atoms with Gasteiger partial charge >= 0.3 is 0 Å². The van der Waals surface area contributed by atoms with Crippen molar-refractivity contribution in [2.24, 2.45) is 0 Å². The van der Waals surface area contributed by atoms with Crippen molar-refractivity contribution in [1.29, 1.82) is 0 Å². The van der Waals surface area contributed by atoms with Gasteiger partial charge in [-0.2, -0.15) is 0 Å². The third-order valence-electron chi connectivity index (χ3n) is 6.33. The van der Waals surface area contributed by atoms with Crippen LogP contribution >= 0.6 is 0 Å². The highest BCUT2D eigenvalue weighted by Gasteiger charge is 2.21. The zero-order valence-electron chi connectivity index (χ0n) is 21.3. The summed E-state index contributed by atoms with van der Waals surface area (Å²) in [5, 5.41) is 3.22. The highest BCUT2D eigenvalue weighted by atomic mass is 19.2. The minimum Gasteiger partial charge on any atom is -0.370 e. The van der Waals surface area contributed by atoms with E-state index in [1.165, 1.54) is 10.6 Å². The molecule has 0 atom stereocenters. The molecule has 1 N–H and O–H groups in total. The van der Waals surface area contributed by atoms with Crippen LogP contribution < -0.4 is 15.8 Å². The van der Waals surface area contributed by atoms with Crippen LogP contribution in [0.1, 0.15) is 34.1 Å². The summed E-state index contributed by atoms with van der Waals surface area (Å²) in [6, 6.07) is 8.86. The number of likely N-dealkylation sites (N-methyl/N-ethyl adjacent to an activating group) is 1. The Balaban J connectivity index is 1.81. The molecule has 0 aliphatic carbocycles. The Hall–Kier alpha value is -3.33. The summed E-state index contributed by atoms with van der Waals surface area (Å²) in [5.41, 5.74) is 0.661. The maximum absolute atomic E-state index is 14.1. The van der Waals surface area contributed by atoms with E-state index in [0.29, 0.717) is 10.9 Å². The summed E-state index contributed by atoms with van der Waals surface area (Å²) < 4.78 is 28.9. The summed E-state index contributed by atoms with van der Waals surface area (Å²) in [7, 11) is 0. The van der Waals surface area contributed by atoms with E-state index in [2.05, 4.69) is 27.0 Å². The molecule has 36 heavy (non-hydrogen) atoms. The van der Waals surface area contributed by atoms with Gasteiger partial charge in [0.2, 0.25) is 5.91 Å². The van der Waals surface area contributed by atoms with Gasteiger partial charge in [-0.25, -0.2) is 13.8 Å². The largest absolute Gasteiger partial charge is 0.370 e. The van der Waals surface area contributed by atoms with Crippen LogP contribution in [0.2, 0.25) is 0 Å². The lowest BCUT2D eigenvalue weighted by Crippen LogP contribution is -2.43. The van der Waals surface area contributed by atoms with Gasteiger partial charge in [0, 0.05) is 36.4 Å². The molecule has 0 spiro atoms. The second kappa shape index (κ2) is 10.3. The van der Waals surface area contributed by atoms with Gasteiger partial charge in [0.05, 0.1) is 10.9 Å². The maximum atomic E-state index is 14.1. The maximum Gasteiger partial charge on any atom is 0.262 e. The Kier molecular flexibility index (Phi) is 7.40. The minimum absolute atomic E-state index is 0.108. The lowest BCUT2D eigenvalue weighted by molar-refractivity contribution is -0.123. The van der Waals surface area contributed by atoms with Crippen LogP contribution in [0.5, 0.6) is 0 Å². The topological polar surface area (TPSA) is 70.5 Å². The summed E-state index contributed by atoms with van der Waals surface area (Å²) in [6.07, 6.45) is 1.02. The normalized spacial score (nSPS) is 15.2. The van der Waals surface area contributed by atoms with Gasteiger partial charge in [0.15, 0.2) is 11.6 Å². The average molecular weight is 498 g/mol. The Morgan fingerprint density at radius 2 is 1.81 bits per heavy atom. The monoisotopic (exact) mass is 497 g/mol. The number of nitrogens with one attached hydrogen (secondary N) is 1. The van der Waals surface area contributed by atoms with Crippen molar-refractivity contribution in [3.05, 3.63) is 58.4 Å². The van der Waals surface area contributed by atoms with E-state index in [1.54, 1.807) is 6.07 Å². The van der Waals surface area contributed by atoms with Gasteiger partial charge in [-0.3, -0.25) is 14.2 Å². The molecule has 1 amide bonds. The minimum atomic E-state index is -1.05. The average Bonchev–Trinajstić information content (AvgIpc) is 3.07. The second-order valence-electron chi connectivity index (χ2n) is 10.2. The summed E-state index contributed by atoms with van der Waals surface area (Å²) >= 11 is 0. The fourth-order valence-electron chi connectivity index (χ4n) is 4.55. The first kappa shape index (κ1) is 25.8. The van der Waals surface area contributed by atoms with Crippen LogP contribution in [0.25, 0.3) is 22.3 Å². The van der Waals surface area contributed by atoms with Crippen LogP contribution in [-0.4, -0.2) is 58.6 Å². The molecule has 1 saturated heterocycles. The summed E-state index contributed by atoms with van der Waals surface area (Å²) in [5.74, 6) is -2.32. The molecule has 192 valence electrons. The smallest absolute Gasteiger partial charge is 0.262 e. The Morgan fingerprint density at radius 1 is 1.03 bits per heavy atom. The van der Waals surface area contributed by atoms with Crippen molar-refractivity contribution < 1.29 is 13.6 Å². The predicted molar refractivity (Wildman–Crippen MR) is 138 cm³/mol. The number of fused-ring (bicyclic) bond motifs is 1. The molecule has 7 nitrogen and oxygen atoms in total. The molecular formula is C27H33F2N5O2. The van der Waals surface area contributed by atoms with Crippen molar-refractivity contribution in [3.8, 4) is 11.4 Å². The number of carbonyl (C=O) groups excluding carboxylic acids is 1. The molecule has 4 rings (SSSR count). The van der Waals surface area contributed by atoms with Crippen molar-refractivity contribution in [1.82, 2.24) is 19.8 Å². The standard InChI is InChI=1S/C27H33F2N5O2/c1-5-32-11-6-12-33(14-13-32)19-8-10-23-20(16-19)26(36)34(17-24(35)31-27(2,3)4)25(30-23)18-7-9-21(28)22(29)15-18/h7-10,15-16H,5-6,11-14,17H2,1-4H3,(H,31,35). The lowest BCUT2D eigenvalue weighted by Gasteiger charge is -2.24. The van der Waals surface area contributed by atoms with E-state index in [-0.39, 0.29) is 23.8 Å². The third-order valence-corrected chi connectivity index (χ3v) is 6.33. The number of halogens is 2. The number of hydrogen-bond donors (Lipinski definition) is 1. The highest BCUT2D eigenvalue weighted by Crippen LogP contribution is 2.25. The van der Waals surface area contributed by atoms with Crippen LogP contribution in [0.15, 0.2) is 41.2 Å². The van der Waals surface area contributed by atoms with E-state index >= 15 is 0 Å². The highest BCUT2D eigenvalue weighted by molar-refractivity contribution is 5.84. The van der Waals surface area contributed by atoms with Crippen LogP contribution in [0, 0.1) is 11.6 Å². The number of anilines is 1. The van der Waals surface area contributed by atoms with E-state index < -0.39 is 22.7 Å². The van der Waals surface area contributed by atoms with E-state index in [4.69, 9.17) is 0 Å². The number of rotatable bonds is 5. The Labute approximate surface area is 209 Å². The zero-order chi connectivity index (χ0) is 26.0. The predicted octanol–water partition coefficient (Wildman–Crippen LogP) is 3.79. The Bertz CT molecular complexity index is 1330. The molecule has 1 fully saturated rings. The van der Waals surface area contributed by atoms with Crippen molar-refractivity contribution in [2.45, 2.75) is 46.2 Å². The molecule has 1 aliphatic heterocycles. The zero-order valence-corrected chi connectivity index (χ0v) is 21.3. The Morgan fingerprint density at radius 3 is 2.50 bits per heavy atom. The van der Waals surface area contributed by atoms with Crippen LogP contribution in [-0.2, 0) is 11.3 Å². The summed E-state index contributed by atoms with van der Waals surface area (Å²) in [6.45, 7) is 12.1. The SMILES string of the molecule is CCN1CCCN(c2ccc3nc(-c4ccc(F)c(F)c4)n(CC(=O)NC(C)(C)C)c(=O)c3c2)CC1. The van der Waals surface area contributed by atoms with Crippen molar-refractivity contribution in [3.63, 3.8) is 0 Å². The molecule has 1 aliphatic rings. The lowest BCUT2D eigenvalue weighted by atomic mass is 10.1. The fraction of sp³-hybridized carbons (Fsp3) is 0.444. The molecule has 3 aromatic rings. The molecule has 0 unspecified atom stereocenters. The molecule has 9 heteroatoms. The molecule has 2 aromatic carbocycles. The van der Waals surface area contributed by atoms with E-state index in [9.17, 15) is 18.4 Å². The number of amides is 1. The molecule has 2 heterocycles. The van der Waals surface area contributed by atoms with E-state index in [0.717, 1.165) is 57.0 Å². The number of nitrogens with zero attached hydrogens (tertiary/aromatic N) is 4. The number of aromatic nitrogens is 2. The third kappa shape index (κ3) is 5.73. The van der Waals surface area contributed by atoms with Crippen LogP contribution in [0.4, 0.5) is 14.5 Å². The first-order valence-corrected chi connectivity index (χ1v) is 12.3. The number of hydrogen-bond acceptors (Lipinski definition) is 5. The summed E-state index contributed by atoms with van der Waals surface area (Å²) in [4.78, 5) is 35.8. The van der Waals surface area contributed by atoms with Crippen LogP contribution in [0.3, 0.4) is 0 Å². The van der Waals surface area contributed by atoms with Crippen molar-refractivity contribution in [2.75, 3.05) is 37.6 Å². The van der Waals surface area contributed by atoms with E-state index in [1.807, 2.05) is 32.9 Å². The number of benzene rings is 2. The molecule has 0 radical (unpaired) electrons. The van der Waals surface area contributed by atoms with Gasteiger partial charge < -0.3 is 15.1 Å². The number of carbonyl (C=O) groups is 1. The first-order valence-electron chi connectivity index (χ1n) is 12.3. The first-order chi connectivity index (χ1) is 17.1. The quantitative estimate of drug-likeness (QED) is 0.581. The second-order valence-corrected chi connectivity index (χ2v) is 10.2. The van der Waals surface area contributed by atoms with Gasteiger partial charge in [-0.1, -0.05) is 6.92 Å². The van der Waals surface area contributed by atoms with Gasteiger partial charge in [-0.15, -0.1) is 0 Å². The van der Waals surface area contributed by atoms with Gasteiger partial charge in [0.25, 0.3) is 5.56 Å².